The van der Waals surface area contributed by atoms with Crippen LogP contribution in [0.5, 0.6) is 11.5 Å². The van der Waals surface area contributed by atoms with Gasteiger partial charge in [0.05, 0.1) is 27.4 Å². The predicted molar refractivity (Wildman–Crippen MR) is 80.4 cm³/mol. The van der Waals surface area contributed by atoms with Gasteiger partial charge in [0, 0.05) is 12.1 Å². The molecule has 4 nitrogen and oxygen atoms in total. The second-order valence-electron chi connectivity index (χ2n) is 5.41. The minimum atomic E-state index is 0. The van der Waals surface area contributed by atoms with Crippen molar-refractivity contribution < 1.29 is 14.2 Å². The number of halogens is 1. The van der Waals surface area contributed by atoms with Gasteiger partial charge in [-0.25, -0.2) is 0 Å². The number of morpholine rings is 1. The maximum absolute atomic E-state index is 5.66. The van der Waals surface area contributed by atoms with Crippen molar-refractivity contribution in [2.45, 2.75) is 24.8 Å². The zero-order valence-electron chi connectivity index (χ0n) is 12.0. The Labute approximate surface area is 126 Å². The Morgan fingerprint density at radius 2 is 1.85 bits per heavy atom. The van der Waals surface area contributed by atoms with Gasteiger partial charge in [-0.15, -0.1) is 12.4 Å². The first-order valence-electron chi connectivity index (χ1n) is 6.83. The third-order valence-corrected chi connectivity index (χ3v) is 4.23. The third-order valence-electron chi connectivity index (χ3n) is 4.23. The molecule has 0 aromatic heterocycles. The molecule has 1 aliphatic carbocycles. The topological polar surface area (TPSA) is 39.7 Å². The van der Waals surface area contributed by atoms with Crippen LogP contribution in [-0.4, -0.2) is 39.5 Å². The van der Waals surface area contributed by atoms with Gasteiger partial charge in [0.1, 0.15) is 0 Å². The van der Waals surface area contributed by atoms with E-state index < -0.39 is 0 Å². The van der Waals surface area contributed by atoms with Crippen LogP contribution in [0, 0.1) is 0 Å². The molecule has 112 valence electrons. The van der Waals surface area contributed by atoms with Crippen LogP contribution in [0.4, 0.5) is 0 Å². The van der Waals surface area contributed by atoms with Gasteiger partial charge in [0.25, 0.3) is 0 Å². The van der Waals surface area contributed by atoms with Crippen molar-refractivity contribution in [1.82, 2.24) is 5.32 Å². The molecule has 20 heavy (non-hydrogen) atoms. The van der Waals surface area contributed by atoms with Crippen LogP contribution in [0.15, 0.2) is 12.1 Å². The Kier molecular flexibility index (Phi) is 4.78. The lowest BCUT2D eigenvalue weighted by molar-refractivity contribution is 0.0206. The lowest BCUT2D eigenvalue weighted by Crippen LogP contribution is -2.57. The van der Waals surface area contributed by atoms with Crippen LogP contribution in [0.1, 0.15) is 17.5 Å². The number of benzene rings is 1. The zero-order valence-corrected chi connectivity index (χ0v) is 12.8. The van der Waals surface area contributed by atoms with Crippen LogP contribution in [0.3, 0.4) is 0 Å². The van der Waals surface area contributed by atoms with Gasteiger partial charge in [0.2, 0.25) is 0 Å². The number of rotatable bonds is 2. The molecule has 0 bridgehead atoms. The first-order valence-corrected chi connectivity index (χ1v) is 6.83. The number of fused-ring (bicyclic) bond motifs is 1. The maximum Gasteiger partial charge on any atom is 0.161 e. The summed E-state index contributed by atoms with van der Waals surface area (Å²) in [7, 11) is 3.37. The van der Waals surface area contributed by atoms with Crippen molar-refractivity contribution in [3.8, 4) is 11.5 Å². The lowest BCUT2D eigenvalue weighted by atomic mass is 9.77. The summed E-state index contributed by atoms with van der Waals surface area (Å²) in [6, 6.07) is 4.23. The summed E-state index contributed by atoms with van der Waals surface area (Å²) in [4.78, 5) is 0. The molecule has 1 aromatic carbocycles. The smallest absolute Gasteiger partial charge is 0.161 e. The van der Waals surface area contributed by atoms with Crippen molar-refractivity contribution in [2.75, 3.05) is 34.0 Å². The van der Waals surface area contributed by atoms with E-state index in [0.29, 0.717) is 0 Å². The normalized spacial score (nSPS) is 24.7. The van der Waals surface area contributed by atoms with Crippen molar-refractivity contribution in [3.63, 3.8) is 0 Å². The van der Waals surface area contributed by atoms with Gasteiger partial charge in [-0.05, 0) is 42.5 Å². The molecule has 2 aliphatic rings. The SMILES string of the molecule is COc1cc2c(cc1OC)CC1(CC2)COCCN1.Cl. The Balaban J connectivity index is 0.00000147. The van der Waals surface area contributed by atoms with Gasteiger partial charge in [-0.2, -0.15) is 0 Å². The molecule has 3 rings (SSSR count). The summed E-state index contributed by atoms with van der Waals surface area (Å²) in [6.45, 7) is 2.57. The number of hydrogen-bond donors (Lipinski definition) is 1. The highest BCUT2D eigenvalue weighted by molar-refractivity contribution is 5.85. The van der Waals surface area contributed by atoms with Crippen molar-refractivity contribution >= 4 is 12.4 Å². The fraction of sp³-hybridized carbons (Fsp3) is 0.600. The van der Waals surface area contributed by atoms with Crippen molar-refractivity contribution in [1.29, 1.82) is 0 Å². The van der Waals surface area contributed by atoms with E-state index >= 15 is 0 Å². The quantitative estimate of drug-likeness (QED) is 0.906. The van der Waals surface area contributed by atoms with E-state index in [1.165, 1.54) is 11.1 Å². The molecule has 0 radical (unpaired) electrons. The van der Waals surface area contributed by atoms with E-state index in [-0.39, 0.29) is 17.9 Å². The number of hydrogen-bond acceptors (Lipinski definition) is 4. The molecule has 0 amide bonds. The minimum absolute atomic E-state index is 0. The molecule has 1 spiro atoms. The molecule has 1 heterocycles. The summed E-state index contributed by atoms with van der Waals surface area (Å²) in [5.74, 6) is 1.64. The first kappa shape index (κ1) is 15.4. The maximum atomic E-state index is 5.66. The first-order chi connectivity index (χ1) is 9.26. The second kappa shape index (κ2) is 6.20. The predicted octanol–water partition coefficient (Wildman–Crippen LogP) is 1.97. The lowest BCUT2D eigenvalue weighted by Gasteiger charge is -2.42. The van der Waals surface area contributed by atoms with Gasteiger partial charge in [0.15, 0.2) is 11.5 Å². The van der Waals surface area contributed by atoms with Crippen LogP contribution in [0.25, 0.3) is 0 Å². The molecule has 1 fully saturated rings. The van der Waals surface area contributed by atoms with Gasteiger partial charge >= 0.3 is 0 Å². The Hall–Kier alpha value is -0.970. The van der Waals surface area contributed by atoms with Gasteiger partial charge < -0.3 is 19.5 Å². The molecular formula is C15H22ClNO3. The van der Waals surface area contributed by atoms with E-state index in [1.807, 2.05) is 0 Å². The Morgan fingerprint density at radius 3 is 2.45 bits per heavy atom. The van der Waals surface area contributed by atoms with E-state index in [1.54, 1.807) is 14.2 Å². The zero-order chi connectivity index (χ0) is 13.3. The summed E-state index contributed by atoms with van der Waals surface area (Å²) in [5.41, 5.74) is 2.84. The molecule has 1 aromatic rings. The van der Waals surface area contributed by atoms with Gasteiger partial charge in [-0.1, -0.05) is 0 Å². The average molecular weight is 300 g/mol. The average Bonchev–Trinajstić information content (AvgIpc) is 2.46. The number of methoxy groups -OCH3 is 2. The van der Waals surface area contributed by atoms with Crippen LogP contribution in [0.2, 0.25) is 0 Å². The second-order valence-corrected chi connectivity index (χ2v) is 5.41. The minimum Gasteiger partial charge on any atom is -0.493 e. The monoisotopic (exact) mass is 299 g/mol. The highest BCUT2D eigenvalue weighted by atomic mass is 35.5. The number of ether oxygens (including phenoxy) is 3. The standard InChI is InChI=1S/C15H21NO3.ClH/c1-17-13-7-11-3-4-15(10-19-6-5-16-15)9-12(11)8-14(13)18-2;/h7-8,16H,3-6,9-10H2,1-2H3;1H. The van der Waals surface area contributed by atoms with E-state index in [4.69, 9.17) is 14.2 Å². The van der Waals surface area contributed by atoms with E-state index in [9.17, 15) is 0 Å². The number of nitrogens with one attached hydrogen (secondary N) is 1. The summed E-state index contributed by atoms with van der Waals surface area (Å²) in [6.07, 6.45) is 3.18. The third kappa shape index (κ3) is 2.73. The van der Waals surface area contributed by atoms with E-state index in [0.717, 1.165) is 50.5 Å². The highest BCUT2D eigenvalue weighted by Gasteiger charge is 2.36. The number of aryl methyl sites for hydroxylation is 1. The molecule has 1 atom stereocenters. The van der Waals surface area contributed by atoms with Crippen molar-refractivity contribution in [3.05, 3.63) is 23.3 Å². The van der Waals surface area contributed by atoms with Crippen LogP contribution < -0.4 is 14.8 Å². The van der Waals surface area contributed by atoms with Crippen LogP contribution in [-0.2, 0) is 17.6 Å². The summed E-state index contributed by atoms with van der Waals surface area (Å²) < 4.78 is 16.4. The largest absolute Gasteiger partial charge is 0.493 e. The van der Waals surface area contributed by atoms with E-state index in [2.05, 4.69) is 17.4 Å². The van der Waals surface area contributed by atoms with Gasteiger partial charge in [-0.3, -0.25) is 0 Å². The molecule has 1 aliphatic heterocycles. The molecule has 1 N–H and O–H groups in total. The highest BCUT2D eigenvalue weighted by Crippen LogP contribution is 2.37. The summed E-state index contributed by atoms with van der Waals surface area (Å²) >= 11 is 0. The summed E-state index contributed by atoms with van der Waals surface area (Å²) in [5, 5.41) is 3.64. The molecule has 0 saturated carbocycles. The molecule has 5 heteroatoms. The molecule has 1 unspecified atom stereocenters. The Bertz CT molecular complexity index is 472. The Morgan fingerprint density at radius 1 is 1.15 bits per heavy atom. The fourth-order valence-electron chi connectivity index (χ4n) is 3.17. The van der Waals surface area contributed by atoms with Crippen LogP contribution >= 0.6 is 12.4 Å². The van der Waals surface area contributed by atoms with Crippen molar-refractivity contribution in [2.24, 2.45) is 0 Å². The molecule has 1 saturated heterocycles. The molecular weight excluding hydrogens is 278 g/mol. The fourth-order valence-corrected chi connectivity index (χ4v) is 3.17.